The average Bonchev–Trinajstić information content (AvgIpc) is 3.97. The van der Waals surface area contributed by atoms with Crippen LogP contribution in [0.4, 0.5) is 0 Å². The summed E-state index contributed by atoms with van der Waals surface area (Å²) in [6, 6.07) is 65.3. The van der Waals surface area contributed by atoms with E-state index in [9.17, 15) is 0 Å². The third-order valence-electron chi connectivity index (χ3n) is 11.7. The van der Waals surface area contributed by atoms with E-state index in [1.165, 1.54) is 64.4 Å². The predicted octanol–water partition coefficient (Wildman–Crippen LogP) is 12.9. The van der Waals surface area contributed by atoms with E-state index in [2.05, 4.69) is 203 Å². The maximum absolute atomic E-state index is 6.97. The quantitative estimate of drug-likeness (QED) is 0.164. The zero-order valence-electron chi connectivity index (χ0n) is 30.8. The van der Waals surface area contributed by atoms with Crippen LogP contribution in [0.25, 0.3) is 80.7 Å². The zero-order chi connectivity index (χ0) is 37.5. The minimum absolute atomic E-state index is 0.0696. The molecule has 0 spiro atoms. The van der Waals surface area contributed by atoms with Gasteiger partial charge in [0.05, 0.1) is 35.2 Å². The van der Waals surface area contributed by atoms with E-state index in [4.69, 9.17) is 4.42 Å². The van der Waals surface area contributed by atoms with Crippen molar-refractivity contribution < 1.29 is 4.42 Å². The molecule has 1 aliphatic rings. The second kappa shape index (κ2) is 13.0. The smallest absolute Gasteiger partial charge is 0.143 e. The summed E-state index contributed by atoms with van der Waals surface area (Å²) in [7, 11) is 0. The van der Waals surface area contributed by atoms with Crippen LogP contribution in [0.1, 0.15) is 35.2 Å². The summed E-state index contributed by atoms with van der Waals surface area (Å²) in [6.07, 6.45) is -0.299. The molecule has 0 aliphatic carbocycles. The van der Waals surface area contributed by atoms with Crippen LogP contribution >= 0.6 is 11.3 Å². The number of rotatable bonds is 5. The Kier molecular flexibility index (Phi) is 7.46. The summed E-state index contributed by atoms with van der Waals surface area (Å²) in [5.74, 6) is 0. The van der Waals surface area contributed by atoms with Crippen LogP contribution in [0.5, 0.6) is 0 Å². The highest BCUT2D eigenvalue weighted by atomic mass is 32.1. The molecule has 1 fully saturated rings. The van der Waals surface area contributed by atoms with Crippen molar-refractivity contribution in [1.29, 1.82) is 0 Å². The van der Waals surface area contributed by atoms with Crippen molar-refractivity contribution in [3.63, 3.8) is 0 Å². The Balaban J connectivity index is 1.06. The first kappa shape index (κ1) is 32.7. The van der Waals surface area contributed by atoms with E-state index in [0.29, 0.717) is 0 Å². The van der Waals surface area contributed by atoms with Crippen LogP contribution in [0, 0.1) is 0 Å². The number of benzene rings is 8. The molecule has 0 saturated carbocycles. The standard InChI is InChI=1S/C51H36N4OS/c1-3-15-31(16-4-1)49-52-50(32-17-5-2-6-18-32)54-51(53-49)38-24-12-28-42-45(38)37-23-11-22-36(48(37)56-42)35-21-13-29-43-46(35)47-41(27-14-30-44(47)57-43)55-39-25-9-7-19-33(39)34-20-8-10-26-40(34)55/h1-30,49-54H. The molecule has 0 bridgehead atoms. The second-order valence-corrected chi connectivity index (χ2v) is 16.0. The molecule has 12 rings (SSSR count). The van der Waals surface area contributed by atoms with Crippen molar-refractivity contribution >= 4 is 75.3 Å². The van der Waals surface area contributed by atoms with Crippen molar-refractivity contribution in [3.8, 4) is 16.8 Å². The van der Waals surface area contributed by atoms with Gasteiger partial charge in [-0.15, -0.1) is 11.3 Å². The SMILES string of the molecule is c1ccc(C2NC(c3ccccc3)NC(c3cccc4oc5c(-c6cccc7sc8cccc(-n9c%10ccccc%10c%10ccccc%109)c8c67)cccc5c34)N2)cc1. The molecule has 3 aromatic heterocycles. The Morgan fingerprint density at radius 2 is 0.965 bits per heavy atom. The molecule has 5 nitrogen and oxygen atoms in total. The van der Waals surface area contributed by atoms with Gasteiger partial charge < -0.3 is 8.98 Å². The average molecular weight is 753 g/mol. The first-order valence-electron chi connectivity index (χ1n) is 19.5. The lowest BCUT2D eigenvalue weighted by atomic mass is 9.95. The highest BCUT2D eigenvalue weighted by Crippen LogP contribution is 2.47. The Hall–Kier alpha value is -6.54. The summed E-state index contributed by atoms with van der Waals surface area (Å²) in [6.45, 7) is 0. The second-order valence-electron chi connectivity index (χ2n) is 14.9. The summed E-state index contributed by atoms with van der Waals surface area (Å²) in [5, 5.41) is 18.9. The molecule has 1 saturated heterocycles. The predicted molar refractivity (Wildman–Crippen MR) is 237 cm³/mol. The Morgan fingerprint density at radius 1 is 0.421 bits per heavy atom. The number of aromatic nitrogens is 1. The van der Waals surface area contributed by atoms with E-state index in [-0.39, 0.29) is 18.5 Å². The monoisotopic (exact) mass is 752 g/mol. The lowest BCUT2D eigenvalue weighted by Gasteiger charge is -2.39. The van der Waals surface area contributed by atoms with Gasteiger partial charge in [-0.05, 0) is 58.7 Å². The Morgan fingerprint density at radius 3 is 1.67 bits per heavy atom. The summed E-state index contributed by atoms with van der Waals surface area (Å²) in [4.78, 5) is 0. The maximum Gasteiger partial charge on any atom is 0.143 e. The summed E-state index contributed by atoms with van der Waals surface area (Å²) >= 11 is 1.85. The molecular formula is C51H36N4OS. The molecule has 0 radical (unpaired) electrons. The molecule has 4 heterocycles. The zero-order valence-corrected chi connectivity index (χ0v) is 31.6. The van der Waals surface area contributed by atoms with Gasteiger partial charge in [0.25, 0.3) is 0 Å². The molecule has 0 amide bonds. The summed E-state index contributed by atoms with van der Waals surface area (Å²) < 4.78 is 11.9. The first-order valence-corrected chi connectivity index (χ1v) is 20.4. The largest absolute Gasteiger partial charge is 0.455 e. The lowest BCUT2D eigenvalue weighted by molar-refractivity contribution is 0.204. The Bertz CT molecular complexity index is 3210. The number of nitrogens with zero attached hydrogens (tertiary/aromatic N) is 1. The Labute approximate surface area is 332 Å². The molecule has 1 aliphatic heterocycles. The van der Waals surface area contributed by atoms with Crippen LogP contribution in [0.15, 0.2) is 186 Å². The molecule has 2 unspecified atom stereocenters. The highest BCUT2D eigenvalue weighted by Gasteiger charge is 2.31. The van der Waals surface area contributed by atoms with Crippen LogP contribution in [-0.2, 0) is 0 Å². The first-order chi connectivity index (χ1) is 28.3. The fraction of sp³-hybridized carbons (Fsp3) is 0.0588. The van der Waals surface area contributed by atoms with Crippen molar-refractivity contribution in [3.05, 3.63) is 199 Å². The van der Waals surface area contributed by atoms with Gasteiger partial charge >= 0.3 is 0 Å². The van der Waals surface area contributed by atoms with Gasteiger partial charge in [-0.25, -0.2) is 0 Å². The third-order valence-corrected chi connectivity index (χ3v) is 12.9. The number of nitrogens with one attached hydrogen (secondary N) is 3. The maximum atomic E-state index is 6.97. The number of hydrogen-bond donors (Lipinski definition) is 3. The number of fused-ring (bicyclic) bond motifs is 9. The van der Waals surface area contributed by atoms with Crippen LogP contribution in [-0.4, -0.2) is 4.57 Å². The van der Waals surface area contributed by atoms with E-state index >= 15 is 0 Å². The topological polar surface area (TPSA) is 54.2 Å². The van der Waals surface area contributed by atoms with Gasteiger partial charge in [-0.1, -0.05) is 146 Å². The van der Waals surface area contributed by atoms with Crippen LogP contribution in [0.3, 0.4) is 0 Å². The minimum atomic E-state index is -0.159. The van der Waals surface area contributed by atoms with Crippen molar-refractivity contribution in [1.82, 2.24) is 20.5 Å². The van der Waals surface area contributed by atoms with Gasteiger partial charge in [0.2, 0.25) is 0 Å². The molecule has 11 aromatic rings. The normalized spacial score (nSPS) is 17.4. The van der Waals surface area contributed by atoms with Gasteiger partial charge in [-0.2, -0.15) is 0 Å². The number of hydrogen-bond acceptors (Lipinski definition) is 5. The van der Waals surface area contributed by atoms with Gasteiger partial charge in [0, 0.05) is 47.3 Å². The molecule has 8 aromatic carbocycles. The van der Waals surface area contributed by atoms with E-state index in [1.807, 2.05) is 11.3 Å². The molecule has 272 valence electrons. The van der Waals surface area contributed by atoms with Crippen molar-refractivity contribution in [2.75, 3.05) is 0 Å². The fourth-order valence-electron chi connectivity index (χ4n) is 9.27. The molecule has 2 atom stereocenters. The molecular weight excluding hydrogens is 717 g/mol. The van der Waals surface area contributed by atoms with Crippen LogP contribution in [0.2, 0.25) is 0 Å². The number of para-hydroxylation sites is 3. The highest BCUT2D eigenvalue weighted by molar-refractivity contribution is 7.26. The number of thiophene rings is 1. The van der Waals surface area contributed by atoms with Crippen molar-refractivity contribution in [2.24, 2.45) is 0 Å². The number of furan rings is 1. The molecule has 6 heteroatoms. The van der Waals surface area contributed by atoms with E-state index in [0.717, 1.165) is 33.1 Å². The molecule has 57 heavy (non-hydrogen) atoms. The fourth-order valence-corrected chi connectivity index (χ4v) is 10.4. The van der Waals surface area contributed by atoms with Gasteiger partial charge in [0.1, 0.15) is 11.2 Å². The summed E-state index contributed by atoms with van der Waals surface area (Å²) in [5.41, 5.74) is 11.2. The van der Waals surface area contributed by atoms with Crippen molar-refractivity contribution in [2.45, 2.75) is 18.5 Å². The molecule has 3 N–H and O–H groups in total. The van der Waals surface area contributed by atoms with E-state index in [1.54, 1.807) is 0 Å². The third kappa shape index (κ3) is 5.12. The van der Waals surface area contributed by atoms with Gasteiger partial charge in [0.15, 0.2) is 0 Å². The van der Waals surface area contributed by atoms with E-state index < -0.39 is 0 Å². The van der Waals surface area contributed by atoms with Crippen LogP contribution < -0.4 is 16.0 Å². The lowest BCUT2D eigenvalue weighted by Crippen LogP contribution is -2.54. The van der Waals surface area contributed by atoms with Gasteiger partial charge in [-0.3, -0.25) is 16.0 Å². The minimum Gasteiger partial charge on any atom is -0.455 e.